The lowest BCUT2D eigenvalue weighted by Gasteiger charge is -2.43. The van der Waals surface area contributed by atoms with Crippen LogP contribution in [-0.2, 0) is 16.1 Å². The molecule has 0 bridgehead atoms. The van der Waals surface area contributed by atoms with Crippen LogP contribution in [0, 0.1) is 30.6 Å². The molecule has 1 aromatic heterocycles. The number of aromatic nitrogens is 1. The van der Waals surface area contributed by atoms with Crippen molar-refractivity contribution in [3.05, 3.63) is 23.4 Å². The van der Waals surface area contributed by atoms with Gasteiger partial charge in [-0.25, -0.2) is 4.98 Å². The van der Waals surface area contributed by atoms with Gasteiger partial charge in [0.2, 0.25) is 11.8 Å². The lowest BCUT2D eigenvalue weighted by atomic mass is 9.62. The Hall–Kier alpha value is -2.11. The Morgan fingerprint density at radius 1 is 1.19 bits per heavy atom. The summed E-state index contributed by atoms with van der Waals surface area (Å²) in [5, 5.41) is 2.91. The van der Waals surface area contributed by atoms with Gasteiger partial charge in [0.1, 0.15) is 11.7 Å². The Kier molecular flexibility index (Phi) is 5.79. The number of carbonyl (C=O) groups excluding carboxylic acids is 2. The topological polar surface area (TPSA) is 111 Å². The maximum atomic E-state index is 12.9. The highest BCUT2D eigenvalue weighted by Gasteiger charge is 2.43. The van der Waals surface area contributed by atoms with Crippen molar-refractivity contribution in [2.45, 2.75) is 58.4 Å². The fourth-order valence-corrected chi connectivity index (χ4v) is 5.03. The number of rotatable bonds is 5. The number of anilines is 1. The van der Waals surface area contributed by atoms with E-state index in [1.165, 1.54) is 25.7 Å². The third-order valence-corrected chi connectivity index (χ3v) is 6.32. The van der Waals surface area contributed by atoms with Crippen molar-refractivity contribution in [1.82, 2.24) is 10.3 Å². The second-order valence-corrected chi connectivity index (χ2v) is 7.88. The van der Waals surface area contributed by atoms with Crippen molar-refractivity contribution in [3.8, 4) is 0 Å². The second kappa shape index (κ2) is 8.06. The Morgan fingerprint density at radius 2 is 1.92 bits per heavy atom. The standard InChI is InChI=1S/C20H30N4O2/c1-12-14(9-10-17(21)24-12)11-23-20(26)18(19(22)25)16-8-4-6-13-5-2-3-7-15(13)16/h9-10,13,15-16,18H,2-8,11H2,1H3,(H2,21,24)(H2,22,25)(H,23,26)/t13?,15?,16?,18-/m0/s1. The highest BCUT2D eigenvalue weighted by molar-refractivity contribution is 5.99. The van der Waals surface area contributed by atoms with Crippen LogP contribution >= 0.6 is 0 Å². The van der Waals surface area contributed by atoms with E-state index in [1.54, 1.807) is 6.07 Å². The molecule has 26 heavy (non-hydrogen) atoms. The molecule has 2 amide bonds. The molecule has 0 spiro atoms. The number of nitrogens with two attached hydrogens (primary N) is 2. The first-order chi connectivity index (χ1) is 12.5. The molecule has 1 aromatic rings. The average molecular weight is 358 g/mol. The van der Waals surface area contributed by atoms with Gasteiger partial charge in [0, 0.05) is 12.2 Å². The molecule has 4 atom stereocenters. The zero-order chi connectivity index (χ0) is 18.7. The third kappa shape index (κ3) is 4.00. The number of carbonyl (C=O) groups is 2. The number of fused-ring (bicyclic) bond motifs is 1. The SMILES string of the molecule is Cc1nc(N)ccc1CNC(=O)[C@H](C(N)=O)C1CCCC2CCCCC21. The first-order valence-electron chi connectivity index (χ1n) is 9.76. The van der Waals surface area contributed by atoms with E-state index >= 15 is 0 Å². The van der Waals surface area contributed by atoms with Crippen molar-refractivity contribution in [3.63, 3.8) is 0 Å². The summed E-state index contributed by atoms with van der Waals surface area (Å²) < 4.78 is 0. The van der Waals surface area contributed by atoms with Gasteiger partial charge in [-0.05, 0) is 49.1 Å². The van der Waals surface area contributed by atoms with Crippen LogP contribution in [0.4, 0.5) is 5.82 Å². The van der Waals surface area contributed by atoms with Gasteiger partial charge < -0.3 is 16.8 Å². The number of nitrogens with zero attached hydrogens (tertiary/aromatic N) is 1. The lowest BCUT2D eigenvalue weighted by Crippen LogP contribution is -2.47. The van der Waals surface area contributed by atoms with Crippen LogP contribution in [-0.4, -0.2) is 16.8 Å². The van der Waals surface area contributed by atoms with Crippen LogP contribution < -0.4 is 16.8 Å². The minimum absolute atomic E-state index is 0.0807. The van der Waals surface area contributed by atoms with E-state index in [0.717, 1.165) is 30.5 Å². The molecule has 2 aliphatic rings. The van der Waals surface area contributed by atoms with E-state index in [4.69, 9.17) is 11.5 Å². The van der Waals surface area contributed by atoms with Gasteiger partial charge in [0.15, 0.2) is 0 Å². The van der Waals surface area contributed by atoms with Gasteiger partial charge in [-0.3, -0.25) is 9.59 Å². The summed E-state index contributed by atoms with van der Waals surface area (Å²) in [6.07, 6.45) is 8.04. The maximum Gasteiger partial charge on any atom is 0.233 e. The molecular weight excluding hydrogens is 328 g/mol. The number of amides is 2. The molecule has 2 saturated carbocycles. The minimum Gasteiger partial charge on any atom is -0.384 e. The second-order valence-electron chi connectivity index (χ2n) is 7.88. The summed E-state index contributed by atoms with van der Waals surface area (Å²) >= 11 is 0. The predicted octanol–water partition coefficient (Wildman–Crippen LogP) is 2.30. The molecule has 0 saturated heterocycles. The number of hydrogen-bond acceptors (Lipinski definition) is 4. The van der Waals surface area contributed by atoms with E-state index < -0.39 is 11.8 Å². The van der Waals surface area contributed by atoms with E-state index in [9.17, 15) is 9.59 Å². The quantitative estimate of drug-likeness (QED) is 0.701. The molecule has 0 aromatic carbocycles. The van der Waals surface area contributed by atoms with Crippen LogP contribution in [0.3, 0.4) is 0 Å². The minimum atomic E-state index is -0.733. The van der Waals surface area contributed by atoms with Crippen LogP contribution in [0.5, 0.6) is 0 Å². The normalized spacial score (nSPS) is 26.6. The lowest BCUT2D eigenvalue weighted by molar-refractivity contribution is -0.138. The number of pyridine rings is 1. The number of hydrogen-bond donors (Lipinski definition) is 3. The number of aryl methyl sites for hydroxylation is 1. The summed E-state index contributed by atoms with van der Waals surface area (Å²) in [5.74, 6) is 0.176. The molecular formula is C20H30N4O2. The first-order valence-corrected chi connectivity index (χ1v) is 9.76. The Morgan fingerprint density at radius 3 is 2.65 bits per heavy atom. The van der Waals surface area contributed by atoms with E-state index in [-0.39, 0.29) is 11.8 Å². The zero-order valence-corrected chi connectivity index (χ0v) is 15.5. The summed E-state index contributed by atoms with van der Waals surface area (Å²) in [6.45, 7) is 2.19. The molecule has 1 heterocycles. The molecule has 2 fully saturated rings. The zero-order valence-electron chi connectivity index (χ0n) is 15.5. The van der Waals surface area contributed by atoms with Crippen molar-refractivity contribution in [1.29, 1.82) is 0 Å². The van der Waals surface area contributed by atoms with Gasteiger partial charge in [0.05, 0.1) is 0 Å². The molecule has 3 unspecified atom stereocenters. The smallest absolute Gasteiger partial charge is 0.233 e. The molecule has 0 aliphatic heterocycles. The fraction of sp³-hybridized carbons (Fsp3) is 0.650. The average Bonchev–Trinajstić information content (AvgIpc) is 2.61. The predicted molar refractivity (Wildman–Crippen MR) is 101 cm³/mol. The number of nitrogen functional groups attached to an aromatic ring is 1. The van der Waals surface area contributed by atoms with Crippen molar-refractivity contribution < 1.29 is 9.59 Å². The highest BCUT2D eigenvalue weighted by atomic mass is 16.2. The van der Waals surface area contributed by atoms with Crippen LogP contribution in [0.25, 0.3) is 0 Å². The van der Waals surface area contributed by atoms with Crippen LogP contribution in [0.2, 0.25) is 0 Å². The molecule has 142 valence electrons. The maximum absolute atomic E-state index is 12.9. The van der Waals surface area contributed by atoms with Crippen molar-refractivity contribution in [2.24, 2.45) is 29.4 Å². The largest absolute Gasteiger partial charge is 0.384 e. The van der Waals surface area contributed by atoms with Gasteiger partial charge in [-0.15, -0.1) is 0 Å². The first kappa shape index (κ1) is 18.7. The fourth-order valence-electron chi connectivity index (χ4n) is 5.03. The van der Waals surface area contributed by atoms with Gasteiger partial charge in [-0.1, -0.05) is 38.2 Å². The molecule has 0 radical (unpaired) electrons. The van der Waals surface area contributed by atoms with Crippen LogP contribution in [0.15, 0.2) is 12.1 Å². The molecule has 3 rings (SSSR count). The summed E-state index contributed by atoms with van der Waals surface area (Å²) in [4.78, 5) is 29.2. The highest BCUT2D eigenvalue weighted by Crippen LogP contribution is 2.46. The van der Waals surface area contributed by atoms with Crippen molar-refractivity contribution >= 4 is 17.6 Å². The third-order valence-electron chi connectivity index (χ3n) is 6.32. The number of nitrogens with one attached hydrogen (secondary N) is 1. The summed E-state index contributed by atoms with van der Waals surface area (Å²) in [5.41, 5.74) is 13.0. The molecule has 2 aliphatic carbocycles. The van der Waals surface area contributed by atoms with E-state index in [2.05, 4.69) is 10.3 Å². The van der Waals surface area contributed by atoms with Crippen LogP contribution in [0.1, 0.15) is 56.2 Å². The summed E-state index contributed by atoms with van der Waals surface area (Å²) in [7, 11) is 0. The Labute approximate surface area is 155 Å². The Bertz CT molecular complexity index is 674. The van der Waals surface area contributed by atoms with Gasteiger partial charge >= 0.3 is 0 Å². The molecule has 5 N–H and O–H groups in total. The Balaban J connectivity index is 1.70. The van der Waals surface area contributed by atoms with Gasteiger partial charge in [0.25, 0.3) is 0 Å². The monoisotopic (exact) mass is 358 g/mol. The van der Waals surface area contributed by atoms with Gasteiger partial charge in [-0.2, -0.15) is 0 Å². The molecule has 6 heteroatoms. The molecule has 6 nitrogen and oxygen atoms in total. The van der Waals surface area contributed by atoms with Crippen molar-refractivity contribution in [2.75, 3.05) is 5.73 Å². The van der Waals surface area contributed by atoms with E-state index in [1.807, 2.05) is 13.0 Å². The summed E-state index contributed by atoms with van der Waals surface area (Å²) in [6, 6.07) is 3.57. The number of primary amides is 1. The van der Waals surface area contributed by atoms with E-state index in [0.29, 0.717) is 24.2 Å².